The molecule has 2 aromatic carbocycles. The van der Waals surface area contributed by atoms with Crippen molar-refractivity contribution in [2.75, 3.05) is 0 Å². The Hall–Kier alpha value is -2.83. The molecule has 0 saturated heterocycles. The van der Waals surface area contributed by atoms with E-state index in [9.17, 15) is 15.8 Å². The Kier molecular flexibility index (Phi) is 4.01. The highest BCUT2D eigenvalue weighted by Crippen LogP contribution is 2.45. The van der Waals surface area contributed by atoms with Gasteiger partial charge in [0.25, 0.3) is 5.41 Å². The van der Waals surface area contributed by atoms with Gasteiger partial charge in [-0.25, -0.2) is 0 Å². The van der Waals surface area contributed by atoms with Gasteiger partial charge >= 0.3 is 0 Å². The second-order valence-corrected chi connectivity index (χ2v) is 6.99. The predicted octanol–water partition coefficient (Wildman–Crippen LogP) is 4.80. The number of rotatable bonds is 2. The second kappa shape index (κ2) is 5.99. The van der Waals surface area contributed by atoms with Crippen LogP contribution in [0.2, 0.25) is 0 Å². The highest BCUT2D eigenvalue weighted by atomic mass is 14.5. The fourth-order valence-corrected chi connectivity index (χ4v) is 3.89. The molecule has 1 fully saturated rings. The molecule has 0 amide bonds. The van der Waals surface area contributed by atoms with E-state index in [4.69, 9.17) is 0 Å². The van der Waals surface area contributed by atoms with E-state index in [1.54, 1.807) is 0 Å². The van der Waals surface area contributed by atoms with Crippen LogP contribution in [0.3, 0.4) is 0 Å². The molecule has 2 unspecified atom stereocenters. The van der Waals surface area contributed by atoms with Crippen LogP contribution >= 0.6 is 0 Å². The van der Waals surface area contributed by atoms with Crippen molar-refractivity contribution in [2.24, 2.45) is 11.8 Å². The van der Waals surface area contributed by atoms with Crippen molar-refractivity contribution in [1.82, 2.24) is 0 Å². The van der Waals surface area contributed by atoms with E-state index in [1.165, 1.54) is 0 Å². The van der Waals surface area contributed by atoms with Crippen LogP contribution in [0.5, 0.6) is 0 Å². The predicted molar refractivity (Wildman–Crippen MR) is 92.8 cm³/mol. The van der Waals surface area contributed by atoms with Crippen molar-refractivity contribution in [1.29, 1.82) is 15.8 Å². The standard InChI is InChI=1S/C21H19N3/c1-14-7-18(8-15(14)2)19-9-16-5-3-4-6-17(16)10-20(19)21(11-22,12-23)13-24/h3-6,9-10,14-15,18H,7-8H2,1-2H3. The van der Waals surface area contributed by atoms with Crippen molar-refractivity contribution >= 4 is 10.8 Å². The molecule has 1 aliphatic carbocycles. The maximum absolute atomic E-state index is 9.58. The summed E-state index contributed by atoms with van der Waals surface area (Å²) in [5, 5.41) is 30.8. The van der Waals surface area contributed by atoms with Gasteiger partial charge in [-0.3, -0.25) is 0 Å². The Balaban J connectivity index is 2.27. The zero-order chi connectivity index (χ0) is 17.3. The molecule has 24 heavy (non-hydrogen) atoms. The van der Waals surface area contributed by atoms with Gasteiger partial charge in [-0.05, 0) is 53.0 Å². The van der Waals surface area contributed by atoms with Crippen LogP contribution in [-0.4, -0.2) is 0 Å². The van der Waals surface area contributed by atoms with Crippen molar-refractivity contribution in [2.45, 2.75) is 38.0 Å². The maximum Gasteiger partial charge on any atom is 0.253 e. The molecule has 0 N–H and O–H groups in total. The normalized spacial score (nSPS) is 23.4. The molecule has 0 bridgehead atoms. The summed E-state index contributed by atoms with van der Waals surface area (Å²) < 4.78 is 0. The third-order valence-corrected chi connectivity index (χ3v) is 5.55. The highest BCUT2D eigenvalue weighted by molar-refractivity contribution is 5.85. The lowest BCUT2D eigenvalue weighted by Gasteiger charge is -2.21. The van der Waals surface area contributed by atoms with Gasteiger partial charge in [0.05, 0.1) is 0 Å². The van der Waals surface area contributed by atoms with Crippen LogP contribution in [0.15, 0.2) is 36.4 Å². The van der Waals surface area contributed by atoms with Crippen LogP contribution in [-0.2, 0) is 5.41 Å². The molecule has 118 valence electrons. The monoisotopic (exact) mass is 313 g/mol. The van der Waals surface area contributed by atoms with E-state index in [1.807, 2.05) is 48.5 Å². The lowest BCUT2D eigenvalue weighted by Crippen LogP contribution is -2.22. The second-order valence-electron chi connectivity index (χ2n) is 6.99. The third kappa shape index (κ3) is 2.42. The van der Waals surface area contributed by atoms with Crippen LogP contribution in [0.1, 0.15) is 43.7 Å². The van der Waals surface area contributed by atoms with Crippen LogP contribution in [0, 0.1) is 45.8 Å². The van der Waals surface area contributed by atoms with Gasteiger partial charge in [-0.1, -0.05) is 44.2 Å². The highest BCUT2D eigenvalue weighted by Gasteiger charge is 2.39. The first-order valence-corrected chi connectivity index (χ1v) is 8.31. The van der Waals surface area contributed by atoms with Crippen LogP contribution in [0.25, 0.3) is 10.8 Å². The fourth-order valence-electron chi connectivity index (χ4n) is 3.89. The summed E-state index contributed by atoms with van der Waals surface area (Å²) in [6.45, 7) is 4.50. The van der Waals surface area contributed by atoms with E-state index in [2.05, 4.69) is 19.9 Å². The summed E-state index contributed by atoms with van der Waals surface area (Å²) in [5.74, 6) is 1.51. The SMILES string of the molecule is CC1CC(c2cc3ccccc3cc2C(C#N)(C#N)C#N)CC1C. The molecular weight excluding hydrogens is 294 g/mol. The van der Waals surface area contributed by atoms with Gasteiger partial charge < -0.3 is 0 Å². The molecule has 0 radical (unpaired) electrons. The number of hydrogen-bond donors (Lipinski definition) is 0. The molecule has 0 heterocycles. The molecule has 3 nitrogen and oxygen atoms in total. The minimum atomic E-state index is -1.74. The number of nitrogens with zero attached hydrogens (tertiary/aromatic N) is 3. The minimum Gasteiger partial charge on any atom is -0.195 e. The summed E-state index contributed by atoms with van der Waals surface area (Å²) in [5.41, 5.74) is -0.177. The van der Waals surface area contributed by atoms with Crippen molar-refractivity contribution < 1.29 is 0 Å². The lowest BCUT2D eigenvalue weighted by molar-refractivity contribution is 0.457. The Labute approximate surface area is 142 Å². The summed E-state index contributed by atoms with van der Waals surface area (Å²) >= 11 is 0. The minimum absolute atomic E-state index is 0.295. The van der Waals surface area contributed by atoms with E-state index in [-0.39, 0.29) is 0 Å². The molecule has 2 aromatic rings. The summed E-state index contributed by atoms with van der Waals surface area (Å²) in [7, 11) is 0. The Morgan fingerprint density at radius 1 is 0.875 bits per heavy atom. The van der Waals surface area contributed by atoms with Gasteiger partial charge in [-0.15, -0.1) is 0 Å². The van der Waals surface area contributed by atoms with Gasteiger partial charge in [-0.2, -0.15) is 15.8 Å². The van der Waals surface area contributed by atoms with Crippen LogP contribution < -0.4 is 0 Å². The molecular formula is C21H19N3. The Bertz CT molecular complexity index is 861. The molecule has 3 rings (SSSR count). The van der Waals surface area contributed by atoms with E-state index in [0.717, 1.165) is 29.2 Å². The first kappa shape index (κ1) is 16.0. The average molecular weight is 313 g/mol. The maximum atomic E-state index is 9.58. The van der Waals surface area contributed by atoms with Gasteiger partial charge in [0.2, 0.25) is 0 Å². The van der Waals surface area contributed by atoms with Crippen molar-refractivity contribution in [3.63, 3.8) is 0 Å². The summed E-state index contributed by atoms with van der Waals surface area (Å²) in [6, 6.07) is 17.7. The Morgan fingerprint density at radius 2 is 1.38 bits per heavy atom. The smallest absolute Gasteiger partial charge is 0.195 e. The largest absolute Gasteiger partial charge is 0.253 e. The van der Waals surface area contributed by atoms with Gasteiger partial charge in [0, 0.05) is 5.56 Å². The van der Waals surface area contributed by atoms with E-state index in [0.29, 0.717) is 23.3 Å². The number of benzene rings is 2. The average Bonchev–Trinajstić information content (AvgIpc) is 2.95. The number of hydrogen-bond acceptors (Lipinski definition) is 3. The quantitative estimate of drug-likeness (QED) is 0.799. The van der Waals surface area contributed by atoms with E-state index < -0.39 is 5.41 Å². The zero-order valence-corrected chi connectivity index (χ0v) is 14.0. The van der Waals surface area contributed by atoms with Gasteiger partial charge in [0.15, 0.2) is 0 Å². The molecule has 3 heteroatoms. The van der Waals surface area contributed by atoms with Crippen LogP contribution in [0.4, 0.5) is 0 Å². The van der Waals surface area contributed by atoms with Gasteiger partial charge in [0.1, 0.15) is 18.2 Å². The zero-order valence-electron chi connectivity index (χ0n) is 14.0. The number of nitriles is 3. The molecule has 1 saturated carbocycles. The first-order chi connectivity index (χ1) is 11.5. The molecule has 2 atom stereocenters. The Morgan fingerprint density at radius 3 is 1.88 bits per heavy atom. The fraction of sp³-hybridized carbons (Fsp3) is 0.381. The third-order valence-electron chi connectivity index (χ3n) is 5.55. The molecule has 0 spiro atoms. The molecule has 1 aliphatic rings. The first-order valence-electron chi connectivity index (χ1n) is 8.31. The molecule has 0 aliphatic heterocycles. The molecule has 0 aromatic heterocycles. The lowest BCUT2D eigenvalue weighted by atomic mass is 9.77. The topological polar surface area (TPSA) is 71.4 Å². The van der Waals surface area contributed by atoms with Crippen molar-refractivity contribution in [3.8, 4) is 18.2 Å². The van der Waals surface area contributed by atoms with Crippen molar-refractivity contribution in [3.05, 3.63) is 47.5 Å². The van der Waals surface area contributed by atoms with E-state index >= 15 is 0 Å². The summed E-state index contributed by atoms with van der Waals surface area (Å²) in [4.78, 5) is 0. The number of fused-ring (bicyclic) bond motifs is 1. The summed E-state index contributed by atoms with van der Waals surface area (Å²) in [6.07, 6.45) is 2.07.